The van der Waals surface area contributed by atoms with E-state index < -0.39 is 10.0 Å². The molecule has 1 aliphatic rings. The quantitative estimate of drug-likeness (QED) is 0.698. The van der Waals surface area contributed by atoms with Crippen LogP contribution in [0.5, 0.6) is 0 Å². The molecule has 0 aromatic rings. The largest absolute Gasteiger partial charge is 0.381 e. The van der Waals surface area contributed by atoms with Crippen LogP contribution in [-0.2, 0) is 14.8 Å². The average Bonchev–Trinajstić information content (AvgIpc) is 2.22. The van der Waals surface area contributed by atoms with Crippen molar-refractivity contribution in [3.8, 4) is 0 Å². The smallest absolute Gasteiger partial charge is 0.216 e. The van der Waals surface area contributed by atoms with Gasteiger partial charge in [-0.3, -0.25) is 0 Å². The summed E-state index contributed by atoms with van der Waals surface area (Å²) in [4.78, 5) is 0. The highest BCUT2D eigenvalue weighted by atomic mass is 32.2. The van der Waals surface area contributed by atoms with Gasteiger partial charge in [-0.2, -0.15) is 0 Å². The fourth-order valence-electron chi connectivity index (χ4n) is 1.76. The van der Waals surface area contributed by atoms with Gasteiger partial charge in [0, 0.05) is 25.7 Å². The maximum atomic E-state index is 11.9. The number of rotatable bonds is 5. The third kappa shape index (κ3) is 3.69. The lowest BCUT2D eigenvalue weighted by Crippen LogP contribution is -2.50. The first-order chi connectivity index (χ1) is 7.47. The molecule has 0 aliphatic carbocycles. The predicted octanol–water partition coefficient (Wildman–Crippen LogP) is 0.0218. The van der Waals surface area contributed by atoms with Gasteiger partial charge in [-0.25, -0.2) is 12.7 Å². The maximum absolute atomic E-state index is 11.9. The highest BCUT2D eigenvalue weighted by molar-refractivity contribution is 7.89. The van der Waals surface area contributed by atoms with Crippen LogP contribution < -0.4 is 5.73 Å². The Morgan fingerprint density at radius 1 is 1.50 bits per heavy atom. The molecule has 2 N–H and O–H groups in total. The normalized spacial score (nSPS) is 28.2. The van der Waals surface area contributed by atoms with E-state index in [1.54, 1.807) is 0 Å². The fourth-order valence-corrected chi connectivity index (χ4v) is 3.13. The molecule has 0 amide bonds. The SMILES string of the molecule is CCOCCS(=O)(=O)N1CCC(C)C(N)C1. The zero-order valence-electron chi connectivity index (χ0n) is 10.1. The second-order valence-corrected chi connectivity index (χ2v) is 6.39. The molecule has 1 saturated heterocycles. The summed E-state index contributed by atoms with van der Waals surface area (Å²) >= 11 is 0. The first-order valence-electron chi connectivity index (χ1n) is 5.78. The van der Waals surface area contributed by atoms with Crippen molar-refractivity contribution >= 4 is 10.0 Å². The Hall–Kier alpha value is -0.170. The van der Waals surface area contributed by atoms with Crippen molar-refractivity contribution < 1.29 is 13.2 Å². The van der Waals surface area contributed by atoms with Crippen LogP contribution in [0.3, 0.4) is 0 Å². The van der Waals surface area contributed by atoms with Gasteiger partial charge in [-0.05, 0) is 19.3 Å². The van der Waals surface area contributed by atoms with E-state index in [4.69, 9.17) is 10.5 Å². The van der Waals surface area contributed by atoms with E-state index in [-0.39, 0.29) is 18.4 Å². The minimum Gasteiger partial charge on any atom is -0.381 e. The first kappa shape index (κ1) is 13.9. The second-order valence-electron chi connectivity index (χ2n) is 4.30. The highest BCUT2D eigenvalue weighted by Crippen LogP contribution is 2.18. The Morgan fingerprint density at radius 3 is 2.75 bits per heavy atom. The molecule has 0 saturated carbocycles. The lowest BCUT2D eigenvalue weighted by molar-refractivity contribution is 0.161. The number of piperidine rings is 1. The van der Waals surface area contributed by atoms with Crippen molar-refractivity contribution in [2.45, 2.75) is 26.3 Å². The van der Waals surface area contributed by atoms with E-state index in [0.29, 0.717) is 25.6 Å². The Labute approximate surface area is 98.0 Å². The fraction of sp³-hybridized carbons (Fsp3) is 1.00. The van der Waals surface area contributed by atoms with E-state index in [2.05, 4.69) is 6.92 Å². The lowest BCUT2D eigenvalue weighted by atomic mass is 9.96. The monoisotopic (exact) mass is 250 g/mol. The van der Waals surface area contributed by atoms with Crippen LogP contribution in [0, 0.1) is 5.92 Å². The van der Waals surface area contributed by atoms with Gasteiger partial charge in [0.15, 0.2) is 0 Å². The number of sulfonamides is 1. The van der Waals surface area contributed by atoms with Crippen LogP contribution in [0.4, 0.5) is 0 Å². The molecule has 0 radical (unpaired) electrons. The number of hydrogen-bond acceptors (Lipinski definition) is 4. The molecule has 0 aromatic heterocycles. The van der Waals surface area contributed by atoms with E-state index in [1.807, 2.05) is 6.92 Å². The third-order valence-corrected chi connectivity index (χ3v) is 4.86. The van der Waals surface area contributed by atoms with Gasteiger partial charge in [-0.15, -0.1) is 0 Å². The summed E-state index contributed by atoms with van der Waals surface area (Å²) in [5, 5.41) is 0. The molecule has 2 unspecified atom stereocenters. The lowest BCUT2D eigenvalue weighted by Gasteiger charge is -2.34. The summed E-state index contributed by atoms with van der Waals surface area (Å²) in [7, 11) is -3.18. The van der Waals surface area contributed by atoms with Gasteiger partial charge in [0.25, 0.3) is 0 Å². The van der Waals surface area contributed by atoms with E-state index >= 15 is 0 Å². The van der Waals surface area contributed by atoms with Gasteiger partial charge in [0.05, 0.1) is 12.4 Å². The Kier molecular flexibility index (Phi) is 5.17. The number of nitrogens with zero attached hydrogens (tertiary/aromatic N) is 1. The van der Waals surface area contributed by atoms with Crippen molar-refractivity contribution in [2.24, 2.45) is 11.7 Å². The summed E-state index contributed by atoms with van der Waals surface area (Å²) in [5.74, 6) is 0.459. The van der Waals surface area contributed by atoms with E-state index in [0.717, 1.165) is 6.42 Å². The van der Waals surface area contributed by atoms with Crippen molar-refractivity contribution in [2.75, 3.05) is 32.1 Å². The van der Waals surface area contributed by atoms with Gasteiger partial charge < -0.3 is 10.5 Å². The zero-order valence-corrected chi connectivity index (χ0v) is 10.9. The first-order valence-corrected chi connectivity index (χ1v) is 7.39. The van der Waals surface area contributed by atoms with Crippen LogP contribution >= 0.6 is 0 Å². The molecule has 1 fully saturated rings. The highest BCUT2D eigenvalue weighted by Gasteiger charge is 2.30. The summed E-state index contributed by atoms with van der Waals surface area (Å²) in [6.07, 6.45) is 0.842. The molecule has 0 spiro atoms. The molecule has 6 heteroatoms. The molecule has 0 aromatic carbocycles. The zero-order chi connectivity index (χ0) is 12.2. The van der Waals surface area contributed by atoms with Crippen molar-refractivity contribution in [3.63, 3.8) is 0 Å². The number of nitrogens with two attached hydrogens (primary N) is 1. The number of hydrogen-bond donors (Lipinski definition) is 1. The maximum Gasteiger partial charge on any atom is 0.216 e. The minimum atomic E-state index is -3.18. The van der Waals surface area contributed by atoms with Crippen LogP contribution in [0.15, 0.2) is 0 Å². The summed E-state index contributed by atoms with van der Waals surface area (Å²) in [6, 6.07) is -0.0457. The molecule has 0 bridgehead atoms. The molecule has 2 atom stereocenters. The van der Waals surface area contributed by atoms with E-state index in [9.17, 15) is 8.42 Å². The minimum absolute atomic E-state index is 0.0457. The van der Waals surface area contributed by atoms with Crippen LogP contribution in [0.2, 0.25) is 0 Å². The van der Waals surface area contributed by atoms with E-state index in [1.165, 1.54) is 4.31 Å². The predicted molar refractivity (Wildman–Crippen MR) is 63.6 cm³/mol. The molecule has 1 aliphatic heterocycles. The Balaban J connectivity index is 2.49. The van der Waals surface area contributed by atoms with Crippen LogP contribution in [0.25, 0.3) is 0 Å². The van der Waals surface area contributed by atoms with Crippen LogP contribution in [0.1, 0.15) is 20.3 Å². The van der Waals surface area contributed by atoms with Gasteiger partial charge in [-0.1, -0.05) is 6.92 Å². The third-order valence-electron chi connectivity index (χ3n) is 3.06. The molecule has 16 heavy (non-hydrogen) atoms. The number of ether oxygens (including phenoxy) is 1. The molecular weight excluding hydrogens is 228 g/mol. The molecule has 5 nitrogen and oxygen atoms in total. The molecule has 96 valence electrons. The Morgan fingerprint density at radius 2 is 2.19 bits per heavy atom. The Bertz CT molecular complexity index is 305. The van der Waals surface area contributed by atoms with Crippen molar-refractivity contribution in [1.82, 2.24) is 4.31 Å². The summed E-state index contributed by atoms with van der Waals surface area (Å²) < 4.78 is 30.4. The average molecular weight is 250 g/mol. The van der Waals surface area contributed by atoms with Gasteiger partial charge in [0.1, 0.15) is 0 Å². The molecular formula is C10H22N2O3S. The van der Waals surface area contributed by atoms with Crippen molar-refractivity contribution in [1.29, 1.82) is 0 Å². The summed E-state index contributed by atoms with van der Waals surface area (Å²) in [6.45, 7) is 5.76. The summed E-state index contributed by atoms with van der Waals surface area (Å²) in [5.41, 5.74) is 5.88. The molecule has 1 rings (SSSR count). The van der Waals surface area contributed by atoms with Crippen molar-refractivity contribution in [3.05, 3.63) is 0 Å². The second kappa shape index (κ2) is 5.95. The van der Waals surface area contributed by atoms with Gasteiger partial charge in [0.2, 0.25) is 10.0 Å². The van der Waals surface area contributed by atoms with Crippen LogP contribution in [-0.4, -0.2) is 50.8 Å². The topological polar surface area (TPSA) is 72.6 Å². The standard InChI is InChI=1S/C10H22N2O3S/c1-3-15-6-7-16(13,14)12-5-4-9(2)10(11)8-12/h9-10H,3-8,11H2,1-2H3. The molecule has 1 heterocycles. The van der Waals surface area contributed by atoms with Gasteiger partial charge >= 0.3 is 0 Å².